The van der Waals surface area contributed by atoms with Crippen molar-refractivity contribution < 1.29 is 14.0 Å². The van der Waals surface area contributed by atoms with Crippen molar-refractivity contribution >= 4 is 18.5 Å². The minimum atomic E-state index is -2.80. The van der Waals surface area contributed by atoms with Crippen LogP contribution in [-0.4, -0.2) is 20.9 Å². The van der Waals surface area contributed by atoms with Crippen molar-refractivity contribution in [2.45, 2.75) is 5.73 Å². The van der Waals surface area contributed by atoms with Crippen LogP contribution in [-0.2, 0) is 9.09 Å². The van der Waals surface area contributed by atoms with Crippen LogP contribution in [0.4, 0.5) is 0 Å². The molecule has 1 N–H and O–H groups in total. The molecule has 0 amide bonds. The van der Waals surface area contributed by atoms with Crippen LogP contribution in [0.3, 0.4) is 0 Å². The average Bonchev–Trinajstić information content (AvgIpc) is 1.65. The first-order valence-electron chi connectivity index (χ1n) is 2.02. The van der Waals surface area contributed by atoms with Crippen LogP contribution >= 0.6 is 8.25 Å². The van der Waals surface area contributed by atoms with Crippen molar-refractivity contribution in [1.29, 1.82) is 0 Å². The number of terminal acetylenes is 1. The minimum Gasteiger partial charge on any atom is -0.326 e. The van der Waals surface area contributed by atoms with E-state index in [-0.39, 0.29) is 0 Å². The second-order valence-electron chi connectivity index (χ2n) is 1.19. The summed E-state index contributed by atoms with van der Waals surface area (Å²) in [6.07, 6.45) is 4.85. The SMILES string of the molecule is C#CC([SiH3])O[PH](=O)O. The lowest BCUT2D eigenvalue weighted by Crippen LogP contribution is -2.03. The van der Waals surface area contributed by atoms with Crippen LogP contribution in [0.25, 0.3) is 0 Å². The Morgan fingerprint density at radius 3 is 2.62 bits per heavy atom. The summed E-state index contributed by atoms with van der Waals surface area (Å²) >= 11 is 0. The van der Waals surface area contributed by atoms with E-state index in [2.05, 4.69) is 10.4 Å². The zero-order valence-corrected chi connectivity index (χ0v) is 7.42. The second kappa shape index (κ2) is 3.87. The van der Waals surface area contributed by atoms with Crippen molar-refractivity contribution in [3.05, 3.63) is 0 Å². The van der Waals surface area contributed by atoms with Gasteiger partial charge < -0.3 is 4.89 Å². The molecule has 2 atom stereocenters. The molecular formula is C3H7O3PSi. The third-order valence-electron chi connectivity index (χ3n) is 0.512. The van der Waals surface area contributed by atoms with Crippen LogP contribution < -0.4 is 0 Å². The molecule has 0 bridgehead atoms. The van der Waals surface area contributed by atoms with E-state index in [1.165, 1.54) is 0 Å². The molecule has 0 rings (SSSR count). The van der Waals surface area contributed by atoms with Gasteiger partial charge in [-0.05, 0) is 0 Å². The van der Waals surface area contributed by atoms with Crippen LogP contribution in [0.2, 0.25) is 0 Å². The Morgan fingerprint density at radius 1 is 2.00 bits per heavy atom. The van der Waals surface area contributed by atoms with E-state index in [0.717, 1.165) is 0 Å². The number of hydrogen-bond acceptors (Lipinski definition) is 2. The van der Waals surface area contributed by atoms with Gasteiger partial charge in [-0.1, -0.05) is 5.92 Å². The Bertz CT molecular complexity index is 129. The summed E-state index contributed by atoms with van der Waals surface area (Å²) in [6.45, 7) is 0. The molecule has 0 fully saturated rings. The summed E-state index contributed by atoms with van der Waals surface area (Å²) in [5.41, 5.74) is -0.425. The first kappa shape index (κ1) is 7.93. The van der Waals surface area contributed by atoms with E-state index in [0.29, 0.717) is 10.2 Å². The van der Waals surface area contributed by atoms with Crippen molar-refractivity contribution in [2.24, 2.45) is 0 Å². The summed E-state index contributed by atoms with van der Waals surface area (Å²) in [4.78, 5) is 8.10. The molecule has 0 aliphatic carbocycles. The maximum absolute atomic E-state index is 9.86. The summed E-state index contributed by atoms with van der Waals surface area (Å²) in [5.74, 6) is 2.20. The topological polar surface area (TPSA) is 46.5 Å². The molecule has 0 aromatic rings. The van der Waals surface area contributed by atoms with Crippen LogP contribution in [0.15, 0.2) is 0 Å². The van der Waals surface area contributed by atoms with Gasteiger partial charge in [0.05, 0.1) is 10.2 Å². The molecule has 0 spiro atoms. The van der Waals surface area contributed by atoms with E-state index in [1.54, 1.807) is 0 Å². The fourth-order valence-electron chi connectivity index (χ4n) is 0.185. The standard InChI is InChI=1S/C3H7O3PSi/c1-2-3(8)6-7(4)5/h1,3,7H,8H3,(H,4,5). The predicted molar refractivity (Wildman–Crippen MR) is 34.9 cm³/mol. The Morgan fingerprint density at radius 2 is 2.50 bits per heavy atom. The molecule has 0 aliphatic rings. The molecule has 46 valence electrons. The smallest absolute Gasteiger partial charge is 0.317 e. The van der Waals surface area contributed by atoms with Gasteiger partial charge in [0.25, 0.3) is 0 Å². The zero-order chi connectivity index (χ0) is 6.57. The van der Waals surface area contributed by atoms with Gasteiger partial charge >= 0.3 is 8.25 Å². The molecule has 0 heterocycles. The quantitative estimate of drug-likeness (QED) is 0.302. The lowest BCUT2D eigenvalue weighted by atomic mass is 10.8. The summed E-state index contributed by atoms with van der Waals surface area (Å²) in [6, 6.07) is 0. The Labute approximate surface area is 51.4 Å². The van der Waals surface area contributed by atoms with E-state index in [4.69, 9.17) is 11.3 Å². The van der Waals surface area contributed by atoms with Crippen LogP contribution in [0.1, 0.15) is 0 Å². The average molecular weight is 150 g/mol. The van der Waals surface area contributed by atoms with Crippen LogP contribution in [0.5, 0.6) is 0 Å². The maximum atomic E-state index is 9.86. The Kier molecular flexibility index (Phi) is 3.84. The second-order valence-corrected chi connectivity index (χ2v) is 3.01. The third kappa shape index (κ3) is 4.10. The molecule has 0 saturated carbocycles. The van der Waals surface area contributed by atoms with Crippen molar-refractivity contribution in [3.8, 4) is 12.3 Å². The van der Waals surface area contributed by atoms with E-state index in [9.17, 15) is 4.57 Å². The lowest BCUT2D eigenvalue weighted by molar-refractivity contribution is 0.292. The number of hydrogen-bond donors (Lipinski definition) is 1. The fourth-order valence-corrected chi connectivity index (χ4v) is 1.16. The summed E-state index contributed by atoms with van der Waals surface area (Å²) < 4.78 is 14.2. The van der Waals surface area contributed by atoms with Gasteiger partial charge in [-0.15, -0.1) is 6.42 Å². The monoisotopic (exact) mass is 150 g/mol. The first-order chi connectivity index (χ1) is 3.66. The molecule has 0 aromatic heterocycles. The van der Waals surface area contributed by atoms with Gasteiger partial charge in [-0.2, -0.15) is 0 Å². The van der Waals surface area contributed by atoms with Crippen molar-refractivity contribution in [3.63, 3.8) is 0 Å². The van der Waals surface area contributed by atoms with Crippen molar-refractivity contribution in [1.82, 2.24) is 0 Å². The van der Waals surface area contributed by atoms with Gasteiger partial charge in [-0.3, -0.25) is 9.09 Å². The molecule has 3 nitrogen and oxygen atoms in total. The van der Waals surface area contributed by atoms with E-state index < -0.39 is 14.0 Å². The van der Waals surface area contributed by atoms with E-state index >= 15 is 0 Å². The number of rotatable bonds is 2. The third-order valence-corrected chi connectivity index (χ3v) is 2.11. The highest BCUT2D eigenvalue weighted by Crippen LogP contribution is 2.15. The highest BCUT2D eigenvalue weighted by molar-refractivity contribution is 7.32. The molecular weight excluding hydrogens is 143 g/mol. The Balaban J connectivity index is 3.43. The van der Waals surface area contributed by atoms with Gasteiger partial charge in [0.15, 0.2) is 0 Å². The van der Waals surface area contributed by atoms with Gasteiger partial charge in [0.2, 0.25) is 0 Å². The van der Waals surface area contributed by atoms with E-state index in [1.807, 2.05) is 0 Å². The zero-order valence-electron chi connectivity index (χ0n) is 4.42. The molecule has 2 unspecified atom stereocenters. The van der Waals surface area contributed by atoms with Gasteiger partial charge in [0.1, 0.15) is 5.73 Å². The lowest BCUT2D eigenvalue weighted by Gasteiger charge is -1.98. The summed E-state index contributed by atoms with van der Waals surface area (Å²) in [5, 5.41) is 0. The molecule has 5 heteroatoms. The molecule has 0 aromatic carbocycles. The molecule has 8 heavy (non-hydrogen) atoms. The van der Waals surface area contributed by atoms with Gasteiger partial charge in [-0.25, -0.2) is 0 Å². The summed E-state index contributed by atoms with van der Waals surface area (Å²) in [7, 11) is -2.21. The highest BCUT2D eigenvalue weighted by Gasteiger charge is 1.97. The minimum absolute atomic E-state index is 0.425. The Hall–Kier alpha value is -0.0731. The fraction of sp³-hybridized carbons (Fsp3) is 0.333. The molecule has 0 saturated heterocycles. The largest absolute Gasteiger partial charge is 0.326 e. The molecule has 0 aliphatic heterocycles. The first-order valence-corrected chi connectivity index (χ1v) is 4.44. The van der Waals surface area contributed by atoms with Gasteiger partial charge in [0, 0.05) is 0 Å². The van der Waals surface area contributed by atoms with Crippen molar-refractivity contribution in [2.75, 3.05) is 0 Å². The highest BCUT2D eigenvalue weighted by atomic mass is 31.1. The molecule has 0 radical (unpaired) electrons. The predicted octanol–water partition coefficient (Wildman–Crippen LogP) is -1.29. The van der Waals surface area contributed by atoms with Crippen LogP contribution in [0, 0.1) is 12.3 Å². The normalized spacial score (nSPS) is 17.0. The maximum Gasteiger partial charge on any atom is 0.317 e.